The number of carbonyl (C=O) groups excluding carboxylic acids is 1. The fourth-order valence-electron chi connectivity index (χ4n) is 2.45. The van der Waals surface area contributed by atoms with Crippen molar-refractivity contribution in [2.24, 2.45) is 0 Å². The molecule has 0 saturated carbocycles. The number of ether oxygens (including phenoxy) is 2. The number of esters is 1. The summed E-state index contributed by atoms with van der Waals surface area (Å²) < 4.78 is 15.6. The lowest BCUT2D eigenvalue weighted by Gasteiger charge is -2.08. The monoisotopic (exact) mass is 372 g/mol. The van der Waals surface area contributed by atoms with E-state index < -0.39 is 5.97 Å². The van der Waals surface area contributed by atoms with Gasteiger partial charge in [0.2, 0.25) is 5.82 Å². The first-order valence-corrected chi connectivity index (χ1v) is 8.30. The second-order valence-corrected chi connectivity index (χ2v) is 6.11. The summed E-state index contributed by atoms with van der Waals surface area (Å²) in [6.45, 7) is 1.85. The summed E-state index contributed by atoms with van der Waals surface area (Å²) in [6.07, 6.45) is 0.0974. The van der Waals surface area contributed by atoms with E-state index in [9.17, 15) is 4.79 Å². The zero-order chi connectivity index (χ0) is 18.5. The van der Waals surface area contributed by atoms with Crippen molar-refractivity contribution in [2.45, 2.75) is 20.0 Å². The Bertz CT molecular complexity index is 923. The lowest BCUT2D eigenvalue weighted by Crippen LogP contribution is -2.09. The van der Waals surface area contributed by atoms with E-state index in [0.29, 0.717) is 16.6 Å². The topological polar surface area (TPSA) is 74.5 Å². The van der Waals surface area contributed by atoms with E-state index in [2.05, 4.69) is 10.1 Å². The highest BCUT2D eigenvalue weighted by atomic mass is 35.5. The van der Waals surface area contributed by atoms with Crippen molar-refractivity contribution >= 4 is 17.6 Å². The molecule has 3 aromatic rings. The number of aryl methyl sites for hydroxylation is 1. The van der Waals surface area contributed by atoms with Gasteiger partial charge in [-0.2, -0.15) is 4.98 Å². The van der Waals surface area contributed by atoms with Crippen LogP contribution in [0.25, 0.3) is 11.4 Å². The Morgan fingerprint density at radius 1 is 1.23 bits per heavy atom. The van der Waals surface area contributed by atoms with Crippen molar-refractivity contribution in [1.29, 1.82) is 0 Å². The molecular formula is C19H17ClN2O4. The summed E-state index contributed by atoms with van der Waals surface area (Å²) in [5, 5.41) is 4.45. The molecular weight excluding hydrogens is 356 g/mol. The first-order valence-electron chi connectivity index (χ1n) is 7.93. The minimum absolute atomic E-state index is 0.0967. The molecule has 3 rings (SSSR count). The molecule has 0 fully saturated rings. The molecule has 0 aliphatic rings. The Morgan fingerprint density at radius 3 is 2.85 bits per heavy atom. The summed E-state index contributed by atoms with van der Waals surface area (Å²) in [4.78, 5) is 16.3. The maximum absolute atomic E-state index is 12.1. The molecule has 0 saturated heterocycles. The standard InChI is InChI=1S/C19H17ClN2O4/c1-12-6-7-16(24-2)14(8-12)10-18(23)25-11-17-21-19(22-26-17)13-4-3-5-15(20)9-13/h3-9H,10-11H2,1-2H3. The molecule has 0 amide bonds. The largest absolute Gasteiger partial charge is 0.496 e. The van der Waals surface area contributed by atoms with Gasteiger partial charge in [0.1, 0.15) is 5.75 Å². The lowest BCUT2D eigenvalue weighted by atomic mass is 10.1. The van der Waals surface area contributed by atoms with Crippen LogP contribution in [0.15, 0.2) is 47.0 Å². The average Bonchev–Trinajstić information content (AvgIpc) is 3.09. The number of hydrogen-bond donors (Lipinski definition) is 0. The van der Waals surface area contributed by atoms with Crippen LogP contribution in [0.1, 0.15) is 17.0 Å². The van der Waals surface area contributed by atoms with Gasteiger partial charge in [0.15, 0.2) is 6.61 Å². The van der Waals surface area contributed by atoms with Gasteiger partial charge in [0.05, 0.1) is 13.5 Å². The predicted octanol–water partition coefficient (Wildman–Crippen LogP) is 3.99. The van der Waals surface area contributed by atoms with Gasteiger partial charge < -0.3 is 14.0 Å². The fourth-order valence-corrected chi connectivity index (χ4v) is 2.64. The molecule has 0 aliphatic heterocycles. The van der Waals surface area contributed by atoms with Crippen LogP contribution < -0.4 is 4.74 Å². The summed E-state index contributed by atoms with van der Waals surface area (Å²) in [7, 11) is 1.56. The average molecular weight is 373 g/mol. The van der Waals surface area contributed by atoms with Crippen molar-refractivity contribution in [2.75, 3.05) is 7.11 Å². The number of aromatic nitrogens is 2. The number of methoxy groups -OCH3 is 1. The smallest absolute Gasteiger partial charge is 0.310 e. The third kappa shape index (κ3) is 4.40. The van der Waals surface area contributed by atoms with Crippen LogP contribution in [0.2, 0.25) is 5.02 Å². The highest BCUT2D eigenvalue weighted by Crippen LogP contribution is 2.22. The van der Waals surface area contributed by atoms with Crippen molar-refractivity contribution in [3.05, 3.63) is 64.5 Å². The molecule has 7 heteroatoms. The van der Waals surface area contributed by atoms with Gasteiger partial charge >= 0.3 is 5.97 Å². The summed E-state index contributed by atoms with van der Waals surface area (Å²) >= 11 is 5.95. The van der Waals surface area contributed by atoms with Gasteiger partial charge in [-0.15, -0.1) is 0 Å². The van der Waals surface area contributed by atoms with Crippen molar-refractivity contribution in [3.63, 3.8) is 0 Å². The second-order valence-electron chi connectivity index (χ2n) is 5.67. The van der Waals surface area contributed by atoms with Crippen LogP contribution >= 0.6 is 11.6 Å². The molecule has 0 unspecified atom stereocenters. The van der Waals surface area contributed by atoms with Crippen LogP contribution in [-0.2, 0) is 22.6 Å². The zero-order valence-corrected chi connectivity index (χ0v) is 15.1. The molecule has 1 aromatic heterocycles. The molecule has 1 heterocycles. The highest BCUT2D eigenvalue weighted by Gasteiger charge is 2.14. The molecule has 0 aliphatic carbocycles. The van der Waals surface area contributed by atoms with Gasteiger partial charge in [-0.3, -0.25) is 4.79 Å². The van der Waals surface area contributed by atoms with E-state index in [1.165, 1.54) is 0 Å². The summed E-state index contributed by atoms with van der Waals surface area (Å²) in [5.41, 5.74) is 2.53. The molecule has 0 N–H and O–H groups in total. The van der Waals surface area contributed by atoms with Crippen LogP contribution in [0.3, 0.4) is 0 Å². The van der Waals surface area contributed by atoms with Gasteiger partial charge in [-0.05, 0) is 25.1 Å². The van der Waals surface area contributed by atoms with Gasteiger partial charge in [0.25, 0.3) is 5.89 Å². The summed E-state index contributed by atoms with van der Waals surface area (Å²) in [6, 6.07) is 12.7. The lowest BCUT2D eigenvalue weighted by molar-refractivity contribution is -0.144. The molecule has 0 bridgehead atoms. The van der Waals surface area contributed by atoms with E-state index in [0.717, 1.165) is 16.7 Å². The number of carbonyl (C=O) groups is 1. The number of hydrogen-bond acceptors (Lipinski definition) is 6. The minimum Gasteiger partial charge on any atom is -0.496 e. The molecule has 0 radical (unpaired) electrons. The highest BCUT2D eigenvalue weighted by molar-refractivity contribution is 6.30. The quantitative estimate of drug-likeness (QED) is 0.609. The third-order valence-corrected chi connectivity index (χ3v) is 3.91. The van der Waals surface area contributed by atoms with E-state index in [4.69, 9.17) is 25.6 Å². The minimum atomic E-state index is -0.406. The second kappa shape index (κ2) is 8.01. The zero-order valence-electron chi connectivity index (χ0n) is 14.4. The van der Waals surface area contributed by atoms with E-state index in [-0.39, 0.29) is 18.9 Å². The van der Waals surface area contributed by atoms with Crippen LogP contribution in [0.4, 0.5) is 0 Å². The Balaban J connectivity index is 1.61. The van der Waals surface area contributed by atoms with Gasteiger partial charge in [-0.1, -0.05) is 46.6 Å². The maximum atomic E-state index is 12.1. The normalized spacial score (nSPS) is 10.6. The van der Waals surface area contributed by atoms with Crippen molar-refractivity contribution in [3.8, 4) is 17.1 Å². The summed E-state index contributed by atoms with van der Waals surface area (Å²) in [5.74, 6) is 0.841. The molecule has 0 atom stereocenters. The Labute approximate surface area is 155 Å². The van der Waals surface area contributed by atoms with E-state index in [1.54, 1.807) is 25.3 Å². The molecule has 0 spiro atoms. The number of halogens is 1. The van der Waals surface area contributed by atoms with E-state index >= 15 is 0 Å². The molecule has 134 valence electrons. The van der Waals surface area contributed by atoms with Crippen molar-refractivity contribution < 1.29 is 18.8 Å². The predicted molar refractivity (Wildman–Crippen MR) is 96.0 cm³/mol. The Morgan fingerprint density at radius 2 is 2.08 bits per heavy atom. The van der Waals surface area contributed by atoms with Gasteiger partial charge in [0, 0.05) is 16.1 Å². The first-order chi connectivity index (χ1) is 12.5. The van der Waals surface area contributed by atoms with E-state index in [1.807, 2.05) is 31.2 Å². The molecule has 26 heavy (non-hydrogen) atoms. The number of nitrogens with zero attached hydrogens (tertiary/aromatic N) is 2. The number of rotatable bonds is 6. The number of benzene rings is 2. The van der Waals surface area contributed by atoms with Crippen molar-refractivity contribution in [1.82, 2.24) is 10.1 Å². The van der Waals surface area contributed by atoms with Gasteiger partial charge in [-0.25, -0.2) is 0 Å². The van der Waals surface area contributed by atoms with Crippen LogP contribution in [0.5, 0.6) is 5.75 Å². The molecule has 6 nitrogen and oxygen atoms in total. The third-order valence-electron chi connectivity index (χ3n) is 3.68. The van der Waals surface area contributed by atoms with Crippen LogP contribution in [-0.4, -0.2) is 23.2 Å². The first kappa shape index (κ1) is 17.9. The SMILES string of the molecule is COc1ccc(C)cc1CC(=O)OCc1nc(-c2cccc(Cl)c2)no1. The fraction of sp³-hybridized carbons (Fsp3) is 0.211. The maximum Gasteiger partial charge on any atom is 0.310 e. The molecule has 2 aromatic carbocycles. The Hall–Kier alpha value is -2.86. The Kier molecular flexibility index (Phi) is 5.53. The van der Waals surface area contributed by atoms with Crippen LogP contribution in [0, 0.1) is 6.92 Å².